The molecule has 1 aromatic carbocycles. The zero-order valence-electron chi connectivity index (χ0n) is 13.5. The highest BCUT2D eigenvalue weighted by Gasteiger charge is 2.22. The molecule has 0 aliphatic carbocycles. The highest BCUT2D eigenvalue weighted by molar-refractivity contribution is 5.91. The van der Waals surface area contributed by atoms with Crippen LogP contribution in [0.3, 0.4) is 0 Å². The first-order chi connectivity index (χ1) is 10.7. The van der Waals surface area contributed by atoms with Crippen LogP contribution in [0.25, 0.3) is 0 Å². The predicted octanol–water partition coefficient (Wildman–Crippen LogP) is 3.42. The Balaban J connectivity index is 0.00000264. The summed E-state index contributed by atoms with van der Waals surface area (Å²) in [6, 6.07) is 7.08. The van der Waals surface area contributed by atoms with Crippen LogP contribution in [0.15, 0.2) is 24.3 Å². The summed E-state index contributed by atoms with van der Waals surface area (Å²) in [5.41, 5.74) is 0.693. The van der Waals surface area contributed by atoms with E-state index in [2.05, 4.69) is 17.6 Å². The summed E-state index contributed by atoms with van der Waals surface area (Å²) in [7, 11) is 0. The minimum atomic E-state index is -0.523. The Morgan fingerprint density at radius 3 is 2.87 bits per heavy atom. The molecule has 0 saturated carbocycles. The van der Waals surface area contributed by atoms with Crippen molar-refractivity contribution >= 4 is 24.0 Å². The number of alkyl halides is 1. The van der Waals surface area contributed by atoms with Crippen LogP contribution < -0.4 is 15.4 Å². The number of hydrogen-bond acceptors (Lipinski definition) is 3. The van der Waals surface area contributed by atoms with Crippen LogP contribution in [0.4, 0.5) is 10.1 Å². The van der Waals surface area contributed by atoms with Gasteiger partial charge in [-0.25, -0.2) is 4.39 Å². The van der Waals surface area contributed by atoms with Gasteiger partial charge in [-0.2, -0.15) is 0 Å². The van der Waals surface area contributed by atoms with E-state index in [1.54, 1.807) is 18.2 Å². The maximum absolute atomic E-state index is 12.2. The number of nitrogens with one attached hydrogen (secondary N) is 2. The first kappa shape index (κ1) is 19.7. The molecule has 1 unspecified atom stereocenters. The predicted molar refractivity (Wildman–Crippen MR) is 93.2 cm³/mol. The van der Waals surface area contributed by atoms with Crippen molar-refractivity contribution in [3.05, 3.63) is 24.3 Å². The topological polar surface area (TPSA) is 50.4 Å². The first-order valence-electron chi connectivity index (χ1n) is 7.98. The molecule has 1 saturated heterocycles. The third kappa shape index (κ3) is 6.75. The lowest BCUT2D eigenvalue weighted by Crippen LogP contribution is -2.32. The lowest BCUT2D eigenvalue weighted by molar-refractivity contribution is -0.117. The second-order valence-electron chi connectivity index (χ2n) is 5.88. The summed E-state index contributed by atoms with van der Waals surface area (Å²) in [6.07, 6.45) is 2.81. The molecule has 1 heterocycles. The molecule has 6 heteroatoms. The van der Waals surface area contributed by atoms with Crippen molar-refractivity contribution in [1.82, 2.24) is 5.32 Å². The number of rotatable bonds is 7. The zero-order valence-corrected chi connectivity index (χ0v) is 14.3. The third-order valence-electron chi connectivity index (χ3n) is 4.16. The lowest BCUT2D eigenvalue weighted by atomic mass is 9.84. The molecule has 0 bridgehead atoms. The number of carbonyl (C=O) groups excluding carboxylic acids is 1. The number of carbonyl (C=O) groups is 1. The van der Waals surface area contributed by atoms with Crippen molar-refractivity contribution in [2.24, 2.45) is 11.8 Å². The van der Waals surface area contributed by atoms with Crippen LogP contribution in [-0.4, -0.2) is 32.3 Å². The summed E-state index contributed by atoms with van der Waals surface area (Å²) in [4.78, 5) is 12.2. The summed E-state index contributed by atoms with van der Waals surface area (Å²) in [5.74, 6) is 1.59. The molecular weight excluding hydrogens is 319 g/mol. The number of hydrogen-bond donors (Lipinski definition) is 2. The van der Waals surface area contributed by atoms with Crippen LogP contribution in [0.1, 0.15) is 26.2 Å². The summed E-state index contributed by atoms with van der Waals surface area (Å²) in [5, 5.41) is 6.25. The highest BCUT2D eigenvalue weighted by atomic mass is 35.5. The van der Waals surface area contributed by atoms with Gasteiger partial charge in [0.25, 0.3) is 0 Å². The van der Waals surface area contributed by atoms with Gasteiger partial charge in [0.05, 0.1) is 0 Å². The van der Waals surface area contributed by atoms with Crippen molar-refractivity contribution in [1.29, 1.82) is 0 Å². The Morgan fingerprint density at radius 2 is 2.17 bits per heavy atom. The van der Waals surface area contributed by atoms with E-state index >= 15 is 0 Å². The number of anilines is 1. The normalized spacial score (nSPS) is 16.3. The monoisotopic (exact) mass is 344 g/mol. The van der Waals surface area contributed by atoms with Crippen molar-refractivity contribution in [3.63, 3.8) is 0 Å². The average molecular weight is 345 g/mol. The van der Waals surface area contributed by atoms with Gasteiger partial charge in [0.2, 0.25) is 5.91 Å². The van der Waals surface area contributed by atoms with E-state index in [1.807, 2.05) is 6.07 Å². The molecule has 0 spiro atoms. The minimum absolute atomic E-state index is 0. The molecule has 1 fully saturated rings. The van der Waals surface area contributed by atoms with Gasteiger partial charge in [0, 0.05) is 18.2 Å². The van der Waals surface area contributed by atoms with E-state index in [9.17, 15) is 9.18 Å². The van der Waals surface area contributed by atoms with E-state index in [0.717, 1.165) is 25.9 Å². The fourth-order valence-electron chi connectivity index (χ4n) is 2.90. The van der Waals surface area contributed by atoms with Gasteiger partial charge in [0.15, 0.2) is 0 Å². The van der Waals surface area contributed by atoms with Gasteiger partial charge >= 0.3 is 0 Å². The number of halogens is 2. The van der Waals surface area contributed by atoms with Crippen LogP contribution in [-0.2, 0) is 4.79 Å². The second-order valence-corrected chi connectivity index (χ2v) is 5.88. The van der Waals surface area contributed by atoms with Gasteiger partial charge in [-0.1, -0.05) is 13.0 Å². The average Bonchev–Trinajstić information content (AvgIpc) is 2.54. The Bertz CT molecular complexity index is 481. The van der Waals surface area contributed by atoms with Gasteiger partial charge in [0.1, 0.15) is 19.0 Å². The van der Waals surface area contributed by atoms with E-state index in [0.29, 0.717) is 29.7 Å². The Morgan fingerprint density at radius 1 is 1.43 bits per heavy atom. The van der Waals surface area contributed by atoms with Crippen molar-refractivity contribution in [2.75, 3.05) is 31.7 Å². The molecule has 0 radical (unpaired) electrons. The smallest absolute Gasteiger partial charge is 0.224 e. The van der Waals surface area contributed by atoms with E-state index in [4.69, 9.17) is 4.74 Å². The molecule has 1 atom stereocenters. The zero-order chi connectivity index (χ0) is 15.8. The van der Waals surface area contributed by atoms with Crippen molar-refractivity contribution < 1.29 is 13.9 Å². The SMILES string of the molecule is CC(CC(=O)Nc1cccc(OCCF)c1)C1CCNCC1.Cl. The fraction of sp³-hybridized carbons (Fsp3) is 0.588. The van der Waals surface area contributed by atoms with Crippen LogP contribution in [0.2, 0.25) is 0 Å². The maximum Gasteiger partial charge on any atom is 0.224 e. The van der Waals surface area contributed by atoms with E-state index in [1.165, 1.54) is 0 Å². The molecule has 1 aliphatic rings. The summed E-state index contributed by atoms with van der Waals surface area (Å²) in [6.45, 7) is 3.75. The van der Waals surface area contributed by atoms with Crippen molar-refractivity contribution in [3.8, 4) is 5.75 Å². The van der Waals surface area contributed by atoms with Crippen LogP contribution in [0, 0.1) is 11.8 Å². The third-order valence-corrected chi connectivity index (χ3v) is 4.16. The first-order valence-corrected chi connectivity index (χ1v) is 7.98. The van der Waals surface area contributed by atoms with E-state index in [-0.39, 0.29) is 24.9 Å². The molecule has 23 heavy (non-hydrogen) atoms. The van der Waals surface area contributed by atoms with Crippen LogP contribution in [0.5, 0.6) is 5.75 Å². The lowest BCUT2D eigenvalue weighted by Gasteiger charge is -2.27. The van der Waals surface area contributed by atoms with Gasteiger partial charge in [-0.15, -0.1) is 12.4 Å². The van der Waals surface area contributed by atoms with E-state index < -0.39 is 6.67 Å². The Labute approximate surface area is 143 Å². The molecule has 130 valence electrons. The van der Waals surface area contributed by atoms with Gasteiger partial charge < -0.3 is 15.4 Å². The molecule has 0 aromatic heterocycles. The maximum atomic E-state index is 12.2. The molecule has 2 rings (SSSR count). The summed E-state index contributed by atoms with van der Waals surface area (Å²) >= 11 is 0. The molecular formula is C17H26ClFN2O2. The fourth-order valence-corrected chi connectivity index (χ4v) is 2.90. The van der Waals surface area contributed by atoms with Crippen molar-refractivity contribution in [2.45, 2.75) is 26.2 Å². The largest absolute Gasteiger partial charge is 0.491 e. The summed E-state index contributed by atoms with van der Waals surface area (Å²) < 4.78 is 17.3. The number of piperidine rings is 1. The molecule has 1 aromatic rings. The molecule has 1 amide bonds. The minimum Gasteiger partial charge on any atom is -0.491 e. The number of benzene rings is 1. The second kappa shape index (κ2) is 10.4. The number of ether oxygens (including phenoxy) is 1. The highest BCUT2D eigenvalue weighted by Crippen LogP contribution is 2.25. The number of amides is 1. The molecule has 2 N–H and O–H groups in total. The standard InChI is InChI=1S/C17H25FN2O2.ClH/c1-13(14-5-8-19-9-6-14)11-17(21)20-15-3-2-4-16(12-15)22-10-7-18;/h2-4,12-14,19H,5-11H2,1H3,(H,20,21);1H. The molecule has 1 aliphatic heterocycles. The molecule has 4 nitrogen and oxygen atoms in total. The Kier molecular flexibility index (Phi) is 8.95. The van der Waals surface area contributed by atoms with Crippen LogP contribution >= 0.6 is 12.4 Å². The Hall–Kier alpha value is -1.33. The quantitative estimate of drug-likeness (QED) is 0.796. The van der Waals surface area contributed by atoms with Gasteiger partial charge in [-0.3, -0.25) is 4.79 Å². The van der Waals surface area contributed by atoms with Gasteiger partial charge in [-0.05, 0) is 49.9 Å².